The number of amides is 1. The molecule has 1 amide bonds. The highest BCUT2D eigenvalue weighted by Gasteiger charge is 2.19. The number of ketones is 1. The zero-order valence-corrected chi connectivity index (χ0v) is 17.6. The molecule has 8 heteroatoms. The number of carbonyl (C=O) groups is 2. The van der Waals surface area contributed by atoms with Gasteiger partial charge in [-0.05, 0) is 43.9 Å². The minimum absolute atomic E-state index is 0.0413. The van der Waals surface area contributed by atoms with Gasteiger partial charge in [0, 0.05) is 41.5 Å². The number of carbonyl (C=O) groups excluding carboxylic acids is 2. The Morgan fingerprint density at radius 1 is 1.06 bits per heavy atom. The van der Waals surface area contributed by atoms with Crippen LogP contribution in [0.1, 0.15) is 40.9 Å². The third-order valence-corrected chi connectivity index (χ3v) is 5.66. The van der Waals surface area contributed by atoms with Gasteiger partial charge in [0.1, 0.15) is 0 Å². The van der Waals surface area contributed by atoms with Gasteiger partial charge in [0.15, 0.2) is 5.78 Å². The molecule has 0 aliphatic heterocycles. The van der Waals surface area contributed by atoms with Crippen LogP contribution in [0.25, 0.3) is 11.3 Å². The third kappa shape index (κ3) is 4.74. The fraction of sp³-hybridized carbons (Fsp3) is 0.292. The topological polar surface area (TPSA) is 114 Å². The summed E-state index contributed by atoms with van der Waals surface area (Å²) in [6.45, 7) is 0.0241. The van der Waals surface area contributed by atoms with Gasteiger partial charge in [-0.1, -0.05) is 24.3 Å². The highest BCUT2D eigenvalue weighted by Crippen LogP contribution is 2.18. The molecule has 0 fully saturated rings. The summed E-state index contributed by atoms with van der Waals surface area (Å²) in [6, 6.07) is 12.7. The van der Waals surface area contributed by atoms with E-state index >= 15 is 0 Å². The molecule has 2 aromatic heterocycles. The Morgan fingerprint density at radius 2 is 1.91 bits per heavy atom. The molecule has 1 aliphatic carbocycles. The first-order valence-electron chi connectivity index (χ1n) is 10.7. The summed E-state index contributed by atoms with van der Waals surface area (Å²) in [4.78, 5) is 55.8. The fourth-order valence-electron chi connectivity index (χ4n) is 4.00. The van der Waals surface area contributed by atoms with E-state index in [-0.39, 0.29) is 36.8 Å². The number of hydrogen-bond acceptors (Lipinski definition) is 5. The molecule has 2 N–H and O–H groups in total. The summed E-state index contributed by atoms with van der Waals surface area (Å²) >= 11 is 0. The predicted molar refractivity (Wildman–Crippen MR) is 120 cm³/mol. The van der Waals surface area contributed by atoms with Crippen molar-refractivity contribution in [3.8, 4) is 11.3 Å². The van der Waals surface area contributed by atoms with Crippen LogP contribution in [0.15, 0.2) is 58.3 Å². The number of aromatic amines is 1. The monoisotopic (exact) mass is 432 g/mol. The van der Waals surface area contributed by atoms with Gasteiger partial charge in [-0.25, -0.2) is 4.79 Å². The van der Waals surface area contributed by atoms with E-state index in [0.29, 0.717) is 24.0 Å². The van der Waals surface area contributed by atoms with Crippen molar-refractivity contribution in [2.75, 3.05) is 6.54 Å². The molecule has 0 atom stereocenters. The van der Waals surface area contributed by atoms with Crippen LogP contribution in [0.4, 0.5) is 0 Å². The summed E-state index contributed by atoms with van der Waals surface area (Å²) in [6.07, 6.45) is 4.85. The number of Topliss-reactive ketones (excluding diaryl/α,β-unsaturated/α-hetero) is 1. The van der Waals surface area contributed by atoms with Crippen molar-refractivity contribution in [3.05, 3.63) is 86.3 Å². The van der Waals surface area contributed by atoms with Gasteiger partial charge < -0.3 is 5.32 Å². The number of fused-ring (bicyclic) bond motifs is 1. The minimum Gasteiger partial charge on any atom is -0.349 e. The van der Waals surface area contributed by atoms with Crippen LogP contribution < -0.4 is 16.6 Å². The van der Waals surface area contributed by atoms with Gasteiger partial charge in [-0.2, -0.15) is 0 Å². The number of pyridine rings is 1. The molecule has 32 heavy (non-hydrogen) atoms. The smallest absolute Gasteiger partial charge is 0.328 e. The molecular formula is C24H24N4O4. The Hall–Kier alpha value is -3.81. The van der Waals surface area contributed by atoms with Crippen molar-refractivity contribution in [2.45, 2.75) is 38.6 Å². The van der Waals surface area contributed by atoms with Crippen LogP contribution in [-0.2, 0) is 24.2 Å². The molecule has 1 aromatic carbocycles. The average Bonchev–Trinajstić information content (AvgIpc) is 2.83. The standard InChI is InChI=1S/C24H24N4O4/c29-21(17-7-5-6-16(14-17)19-9-3-4-12-25-19)15-26-22(30)11-13-28-20-10-2-1-8-18(20)23(31)27-24(28)32/h3-7,9,12,14H,1-2,8,10-11,13,15H2,(H,26,30)(H,27,31,32). The summed E-state index contributed by atoms with van der Waals surface area (Å²) < 4.78 is 1.48. The molecule has 3 aromatic rings. The van der Waals surface area contributed by atoms with E-state index in [1.165, 1.54) is 4.57 Å². The van der Waals surface area contributed by atoms with Crippen molar-refractivity contribution >= 4 is 11.7 Å². The van der Waals surface area contributed by atoms with Crippen molar-refractivity contribution in [1.29, 1.82) is 0 Å². The number of hydrogen-bond donors (Lipinski definition) is 2. The van der Waals surface area contributed by atoms with E-state index in [2.05, 4.69) is 15.3 Å². The molecular weight excluding hydrogens is 408 g/mol. The SMILES string of the molecule is O=C(CCn1c2c(c(=O)[nH]c1=O)CCCC2)NCC(=O)c1cccc(-c2ccccn2)c1. The van der Waals surface area contributed by atoms with E-state index < -0.39 is 5.69 Å². The zero-order chi connectivity index (χ0) is 22.5. The maximum atomic E-state index is 12.6. The number of nitrogens with zero attached hydrogens (tertiary/aromatic N) is 2. The lowest BCUT2D eigenvalue weighted by Crippen LogP contribution is -2.38. The number of nitrogens with one attached hydrogen (secondary N) is 2. The molecule has 8 nitrogen and oxygen atoms in total. The molecule has 1 aliphatic rings. The maximum Gasteiger partial charge on any atom is 0.328 e. The second kappa shape index (κ2) is 9.55. The number of rotatable bonds is 7. The zero-order valence-electron chi connectivity index (χ0n) is 17.6. The lowest BCUT2D eigenvalue weighted by Gasteiger charge is -2.19. The van der Waals surface area contributed by atoms with Gasteiger partial charge >= 0.3 is 5.69 Å². The molecule has 0 saturated carbocycles. The van der Waals surface area contributed by atoms with E-state index in [4.69, 9.17) is 0 Å². The summed E-state index contributed by atoms with van der Waals surface area (Å²) in [5.41, 5.74) is 2.61. The summed E-state index contributed by atoms with van der Waals surface area (Å²) in [5.74, 6) is -0.545. The Labute approximate surface area is 184 Å². The number of benzene rings is 1. The van der Waals surface area contributed by atoms with Gasteiger partial charge in [-0.3, -0.25) is 28.9 Å². The predicted octanol–water partition coefficient (Wildman–Crippen LogP) is 1.87. The van der Waals surface area contributed by atoms with Crippen LogP contribution in [0.5, 0.6) is 0 Å². The average molecular weight is 432 g/mol. The second-order valence-corrected chi connectivity index (χ2v) is 7.79. The summed E-state index contributed by atoms with van der Waals surface area (Å²) in [5, 5.41) is 2.63. The van der Waals surface area contributed by atoms with E-state index in [1.807, 2.05) is 24.3 Å². The first kappa shape index (κ1) is 21.4. The Morgan fingerprint density at radius 3 is 2.72 bits per heavy atom. The molecule has 0 radical (unpaired) electrons. The molecule has 4 rings (SSSR count). The normalized spacial score (nSPS) is 12.8. The Kier molecular flexibility index (Phi) is 6.39. The van der Waals surface area contributed by atoms with Gasteiger partial charge in [0.25, 0.3) is 5.56 Å². The van der Waals surface area contributed by atoms with Crippen molar-refractivity contribution in [3.63, 3.8) is 0 Å². The first-order valence-corrected chi connectivity index (χ1v) is 10.7. The van der Waals surface area contributed by atoms with Crippen LogP contribution >= 0.6 is 0 Å². The van der Waals surface area contributed by atoms with Crippen molar-refractivity contribution < 1.29 is 9.59 Å². The number of aromatic nitrogens is 3. The Bertz CT molecular complexity index is 1260. The minimum atomic E-state index is -0.495. The molecule has 0 spiro atoms. The van der Waals surface area contributed by atoms with Gasteiger partial charge in [0.2, 0.25) is 5.91 Å². The van der Waals surface area contributed by atoms with E-state index in [0.717, 1.165) is 29.8 Å². The number of H-pyrrole nitrogens is 1. The molecule has 0 unspecified atom stereocenters. The third-order valence-electron chi connectivity index (χ3n) is 5.66. The van der Waals surface area contributed by atoms with E-state index in [1.54, 1.807) is 24.4 Å². The van der Waals surface area contributed by atoms with Crippen LogP contribution in [0.3, 0.4) is 0 Å². The quantitative estimate of drug-likeness (QED) is 0.553. The molecule has 164 valence electrons. The van der Waals surface area contributed by atoms with E-state index in [9.17, 15) is 19.2 Å². The lowest BCUT2D eigenvalue weighted by molar-refractivity contribution is -0.121. The summed E-state index contributed by atoms with van der Waals surface area (Å²) in [7, 11) is 0. The van der Waals surface area contributed by atoms with Crippen LogP contribution in [0.2, 0.25) is 0 Å². The van der Waals surface area contributed by atoms with Crippen LogP contribution in [-0.4, -0.2) is 32.8 Å². The van der Waals surface area contributed by atoms with Crippen LogP contribution in [0, 0.1) is 0 Å². The molecule has 0 saturated heterocycles. The second-order valence-electron chi connectivity index (χ2n) is 7.79. The maximum absolute atomic E-state index is 12.6. The highest BCUT2D eigenvalue weighted by molar-refractivity contribution is 6.00. The van der Waals surface area contributed by atoms with Crippen molar-refractivity contribution in [2.24, 2.45) is 0 Å². The molecule has 0 bridgehead atoms. The Balaban J connectivity index is 1.37. The van der Waals surface area contributed by atoms with Gasteiger partial charge in [-0.15, -0.1) is 0 Å². The lowest BCUT2D eigenvalue weighted by atomic mass is 9.97. The fourth-order valence-corrected chi connectivity index (χ4v) is 4.00. The molecule has 2 heterocycles. The largest absolute Gasteiger partial charge is 0.349 e. The van der Waals surface area contributed by atoms with Gasteiger partial charge in [0.05, 0.1) is 12.2 Å². The highest BCUT2D eigenvalue weighted by atomic mass is 16.2. The van der Waals surface area contributed by atoms with Crippen molar-refractivity contribution in [1.82, 2.24) is 19.9 Å². The first-order chi connectivity index (χ1) is 15.5.